The van der Waals surface area contributed by atoms with Gasteiger partial charge in [0.2, 0.25) is 11.8 Å². The van der Waals surface area contributed by atoms with Crippen LogP contribution < -0.4 is 15.8 Å². The van der Waals surface area contributed by atoms with Gasteiger partial charge < -0.3 is 20.9 Å². The van der Waals surface area contributed by atoms with E-state index in [4.69, 9.17) is 27.8 Å². The van der Waals surface area contributed by atoms with Crippen LogP contribution in [0.2, 0.25) is 0 Å². The number of nitrogens with two attached hydrogens (primary N) is 1. The number of carboxylic acid groups (broad SMARTS) is 1. The summed E-state index contributed by atoms with van der Waals surface area (Å²) in [6, 6.07) is 5.71. The molecule has 3 amide bonds. The van der Waals surface area contributed by atoms with Crippen molar-refractivity contribution in [2.24, 2.45) is 5.73 Å². The van der Waals surface area contributed by atoms with Crippen molar-refractivity contribution in [3.8, 4) is 5.75 Å². The maximum atomic E-state index is 12.6. The zero-order valence-electron chi connectivity index (χ0n) is 15.4. The molecule has 1 heterocycles. The zero-order chi connectivity index (χ0) is 21.6. The minimum Gasteiger partial charge on any atom is -0.497 e. The number of primary amides is 1. The van der Waals surface area contributed by atoms with Gasteiger partial charge in [-0.1, -0.05) is 36.1 Å². The lowest BCUT2D eigenvalue weighted by atomic mass is 10.2. The Morgan fingerprint density at radius 3 is 2.55 bits per heavy atom. The lowest BCUT2D eigenvalue weighted by Crippen LogP contribution is -2.44. The van der Waals surface area contributed by atoms with Gasteiger partial charge in [-0.25, -0.2) is 4.79 Å². The number of carboxylic acids is 1. The molecule has 0 bridgehead atoms. The van der Waals surface area contributed by atoms with E-state index in [0.717, 1.165) is 17.3 Å². The molecule has 29 heavy (non-hydrogen) atoms. The monoisotopic (exact) mass is 437 g/mol. The molecule has 1 fully saturated rings. The normalized spacial score (nSPS) is 16.0. The van der Waals surface area contributed by atoms with Crippen LogP contribution in [-0.2, 0) is 19.2 Å². The molecule has 0 saturated carbocycles. The van der Waals surface area contributed by atoms with Crippen LogP contribution >= 0.6 is 24.0 Å². The summed E-state index contributed by atoms with van der Waals surface area (Å²) >= 11 is 6.33. The number of hydrogen-bond donors (Lipinski definition) is 3. The number of hydrogen-bond acceptors (Lipinski definition) is 7. The molecule has 2 rings (SSSR count). The van der Waals surface area contributed by atoms with Gasteiger partial charge in [0.15, 0.2) is 0 Å². The highest BCUT2D eigenvalue weighted by molar-refractivity contribution is 8.26. The first kappa shape index (κ1) is 22.4. The minimum atomic E-state index is -1.42. The highest BCUT2D eigenvalue weighted by Crippen LogP contribution is 2.32. The topological polar surface area (TPSA) is 139 Å². The van der Waals surface area contributed by atoms with Crippen molar-refractivity contribution in [2.45, 2.75) is 18.9 Å². The lowest BCUT2D eigenvalue weighted by molar-refractivity contribution is -0.143. The summed E-state index contributed by atoms with van der Waals surface area (Å²) in [6.07, 6.45) is 0.990. The Bertz CT molecular complexity index is 869. The third kappa shape index (κ3) is 6.29. The van der Waals surface area contributed by atoms with Crippen LogP contribution in [0.3, 0.4) is 0 Å². The van der Waals surface area contributed by atoms with Gasteiger partial charge in [0.1, 0.15) is 16.1 Å². The first-order valence-electron chi connectivity index (χ1n) is 8.41. The van der Waals surface area contributed by atoms with Crippen molar-refractivity contribution >= 4 is 58.1 Å². The fraction of sp³-hybridized carbons (Fsp3) is 0.278. The first-order chi connectivity index (χ1) is 13.7. The first-order valence-corrected chi connectivity index (χ1v) is 9.63. The molecule has 0 aliphatic carbocycles. The lowest BCUT2D eigenvalue weighted by Gasteiger charge is -2.16. The standard InChI is InChI=1S/C18H19N3O6S2/c1-27-11-4-2-10(3-5-11)8-13-16(24)21(18(28)29-13)7-6-15(23)20-12(17(25)26)9-14(19)22/h2-5,8,12H,6-7,9H2,1H3,(H2,19,22)(H,20,23)(H,25,26)/b13-8+/t12-/m0/s1. The number of thiocarbonyl (C=S) groups is 1. The number of methoxy groups -OCH3 is 1. The van der Waals surface area contributed by atoms with Crippen molar-refractivity contribution in [2.75, 3.05) is 13.7 Å². The number of ether oxygens (including phenoxy) is 1. The summed E-state index contributed by atoms with van der Waals surface area (Å²) in [5.74, 6) is -2.50. The van der Waals surface area contributed by atoms with Crippen LogP contribution in [0, 0.1) is 0 Å². The number of nitrogens with one attached hydrogen (secondary N) is 1. The summed E-state index contributed by atoms with van der Waals surface area (Å²) in [6.45, 7) is -0.0145. The Labute approximate surface area is 176 Å². The highest BCUT2D eigenvalue weighted by atomic mass is 32.2. The smallest absolute Gasteiger partial charge is 0.326 e. The number of carbonyl (C=O) groups excluding carboxylic acids is 3. The Kier molecular flexibility index (Phi) is 7.74. The van der Waals surface area contributed by atoms with E-state index in [9.17, 15) is 19.2 Å². The summed E-state index contributed by atoms with van der Waals surface area (Å²) < 4.78 is 5.39. The molecule has 0 aromatic heterocycles. The number of benzene rings is 1. The molecule has 0 spiro atoms. The van der Waals surface area contributed by atoms with E-state index in [0.29, 0.717) is 15.0 Å². The molecule has 0 unspecified atom stereocenters. The maximum Gasteiger partial charge on any atom is 0.326 e. The van der Waals surface area contributed by atoms with E-state index >= 15 is 0 Å². The number of aliphatic carboxylic acids is 1. The van der Waals surface area contributed by atoms with Gasteiger partial charge in [0.05, 0.1) is 18.4 Å². The predicted octanol–water partition coefficient (Wildman–Crippen LogP) is 0.731. The molecule has 154 valence electrons. The third-order valence-electron chi connectivity index (χ3n) is 3.89. The average Bonchev–Trinajstić information content (AvgIpc) is 2.92. The summed E-state index contributed by atoms with van der Waals surface area (Å²) in [7, 11) is 1.56. The molecule has 0 radical (unpaired) electrons. The van der Waals surface area contributed by atoms with Crippen LogP contribution in [0.5, 0.6) is 5.75 Å². The number of amides is 3. The van der Waals surface area contributed by atoms with Gasteiger partial charge in [-0.3, -0.25) is 19.3 Å². The molecule has 1 atom stereocenters. The number of thioether (sulfide) groups is 1. The molecule has 1 saturated heterocycles. The average molecular weight is 437 g/mol. The molecule has 9 nitrogen and oxygen atoms in total. The van der Waals surface area contributed by atoms with Crippen LogP contribution in [0.4, 0.5) is 0 Å². The fourth-order valence-corrected chi connectivity index (χ4v) is 3.73. The SMILES string of the molecule is COc1ccc(/C=C2/SC(=S)N(CCC(=O)N[C@@H](CC(N)=O)C(=O)O)C2=O)cc1. The quantitative estimate of drug-likeness (QED) is 0.380. The largest absolute Gasteiger partial charge is 0.497 e. The molecule has 4 N–H and O–H groups in total. The van der Waals surface area contributed by atoms with E-state index in [2.05, 4.69) is 5.32 Å². The molecule has 1 aliphatic heterocycles. The van der Waals surface area contributed by atoms with Crippen LogP contribution in [0.25, 0.3) is 6.08 Å². The van der Waals surface area contributed by atoms with Gasteiger partial charge in [-0.2, -0.15) is 0 Å². The molecular formula is C18H19N3O6S2. The Balaban J connectivity index is 1.97. The van der Waals surface area contributed by atoms with E-state index in [1.54, 1.807) is 37.5 Å². The summed E-state index contributed by atoms with van der Waals surface area (Å²) in [5, 5.41) is 11.2. The number of carbonyl (C=O) groups is 4. The van der Waals surface area contributed by atoms with Crippen molar-refractivity contribution in [3.63, 3.8) is 0 Å². The number of rotatable bonds is 9. The molecule has 1 aliphatic rings. The van der Waals surface area contributed by atoms with E-state index in [1.165, 1.54) is 4.90 Å². The molecule has 1 aromatic rings. The highest BCUT2D eigenvalue weighted by Gasteiger charge is 2.32. The molecular weight excluding hydrogens is 418 g/mol. The van der Waals surface area contributed by atoms with E-state index in [-0.39, 0.29) is 18.9 Å². The van der Waals surface area contributed by atoms with Crippen molar-refractivity contribution < 1.29 is 29.0 Å². The Morgan fingerprint density at radius 1 is 1.34 bits per heavy atom. The van der Waals surface area contributed by atoms with Gasteiger partial charge in [-0.05, 0) is 23.8 Å². The minimum absolute atomic E-state index is 0.0145. The Hall–Kier alpha value is -2.92. The third-order valence-corrected chi connectivity index (χ3v) is 5.27. The van der Waals surface area contributed by atoms with Gasteiger partial charge >= 0.3 is 5.97 Å². The summed E-state index contributed by atoms with van der Waals surface area (Å²) in [4.78, 5) is 48.2. The second-order valence-electron chi connectivity index (χ2n) is 5.99. The Morgan fingerprint density at radius 2 is 2.00 bits per heavy atom. The molecule has 1 aromatic carbocycles. The summed E-state index contributed by atoms with van der Waals surface area (Å²) in [5.41, 5.74) is 5.76. The van der Waals surface area contributed by atoms with Crippen molar-refractivity contribution in [1.29, 1.82) is 0 Å². The fourth-order valence-electron chi connectivity index (χ4n) is 2.43. The van der Waals surface area contributed by atoms with Crippen LogP contribution in [-0.4, -0.2) is 57.7 Å². The second-order valence-corrected chi connectivity index (χ2v) is 7.66. The van der Waals surface area contributed by atoms with Crippen LogP contribution in [0.1, 0.15) is 18.4 Å². The molecule has 11 heteroatoms. The van der Waals surface area contributed by atoms with E-state index in [1.807, 2.05) is 0 Å². The van der Waals surface area contributed by atoms with Crippen LogP contribution in [0.15, 0.2) is 29.2 Å². The van der Waals surface area contributed by atoms with E-state index < -0.39 is 30.2 Å². The van der Waals surface area contributed by atoms with Gasteiger partial charge in [0.25, 0.3) is 5.91 Å². The number of nitrogens with zero attached hydrogens (tertiary/aromatic N) is 1. The van der Waals surface area contributed by atoms with Crippen molar-refractivity contribution in [3.05, 3.63) is 34.7 Å². The van der Waals surface area contributed by atoms with Gasteiger partial charge in [0, 0.05) is 13.0 Å². The second kappa shape index (κ2) is 10.0. The van der Waals surface area contributed by atoms with Gasteiger partial charge in [-0.15, -0.1) is 0 Å². The zero-order valence-corrected chi connectivity index (χ0v) is 17.0. The maximum absolute atomic E-state index is 12.6. The predicted molar refractivity (Wildman–Crippen MR) is 111 cm³/mol. The van der Waals surface area contributed by atoms with Crippen molar-refractivity contribution in [1.82, 2.24) is 10.2 Å².